The summed E-state index contributed by atoms with van der Waals surface area (Å²) in [6, 6.07) is 1.95. The molecule has 1 atom stereocenters. The van der Waals surface area contributed by atoms with Crippen LogP contribution in [-0.4, -0.2) is 42.9 Å². The highest BCUT2D eigenvalue weighted by Gasteiger charge is 2.29. The molecule has 2 heterocycles. The summed E-state index contributed by atoms with van der Waals surface area (Å²) in [6.45, 7) is 0. The Balaban J connectivity index is 1.62. The molecule has 1 aliphatic carbocycles. The fraction of sp³-hybridized carbons (Fsp3) is 0.600. The van der Waals surface area contributed by atoms with Gasteiger partial charge in [-0.05, 0) is 25.3 Å². The predicted octanol–water partition coefficient (Wildman–Crippen LogP) is 1.35. The summed E-state index contributed by atoms with van der Waals surface area (Å²) in [5.41, 5.74) is 1.31. The van der Waals surface area contributed by atoms with E-state index in [1.54, 1.807) is 12.3 Å². The fourth-order valence-electron chi connectivity index (χ4n) is 3.13. The van der Waals surface area contributed by atoms with Gasteiger partial charge in [0.1, 0.15) is 0 Å². The van der Waals surface area contributed by atoms with Crippen LogP contribution in [0.3, 0.4) is 0 Å². The van der Waals surface area contributed by atoms with Gasteiger partial charge in [-0.1, -0.05) is 12.8 Å². The molecule has 0 bridgehead atoms. The van der Waals surface area contributed by atoms with Crippen LogP contribution in [0.5, 0.6) is 0 Å². The minimum absolute atomic E-state index is 0.0339. The lowest BCUT2D eigenvalue weighted by Crippen LogP contribution is -2.35. The topological polar surface area (TPSA) is 88.2 Å². The summed E-state index contributed by atoms with van der Waals surface area (Å²) < 4.78 is 22.9. The van der Waals surface area contributed by atoms with E-state index in [0.717, 1.165) is 18.5 Å². The number of carbonyl (C=O) groups excluding carboxylic acids is 1. The average Bonchev–Trinajstić information content (AvgIpc) is 3.09. The Morgan fingerprint density at radius 2 is 1.91 bits per heavy atom. The first kappa shape index (κ1) is 15.3. The minimum atomic E-state index is -2.99. The van der Waals surface area contributed by atoms with E-state index in [-0.39, 0.29) is 23.5 Å². The predicted molar refractivity (Wildman–Crippen MR) is 84.6 cm³/mol. The molecular weight excluding hydrogens is 302 g/mol. The standard InChI is InChI=1S/C15H21N3O3S/c19-15(18-13-5-6-22(20,21)10-13)11-7-14(9-16-8-11)17-12-3-1-2-4-12/h7-9,12-13,17H,1-6,10H2,(H,18,19). The van der Waals surface area contributed by atoms with Gasteiger partial charge in [0, 0.05) is 24.5 Å². The Labute approximate surface area is 130 Å². The number of pyridine rings is 1. The number of nitrogens with zero attached hydrogens (tertiary/aromatic N) is 1. The quantitative estimate of drug-likeness (QED) is 0.873. The summed E-state index contributed by atoms with van der Waals surface area (Å²) >= 11 is 0. The lowest BCUT2D eigenvalue weighted by molar-refractivity contribution is 0.0941. The molecule has 120 valence electrons. The van der Waals surface area contributed by atoms with E-state index in [4.69, 9.17) is 0 Å². The largest absolute Gasteiger partial charge is 0.381 e. The molecular formula is C15H21N3O3S. The molecule has 1 saturated carbocycles. The molecule has 22 heavy (non-hydrogen) atoms. The average molecular weight is 323 g/mol. The Hall–Kier alpha value is -1.63. The summed E-state index contributed by atoms with van der Waals surface area (Å²) in [6.07, 6.45) is 8.49. The Kier molecular flexibility index (Phi) is 4.33. The van der Waals surface area contributed by atoms with Crippen LogP contribution in [0, 0.1) is 0 Å². The summed E-state index contributed by atoms with van der Waals surface area (Å²) in [7, 11) is -2.99. The fourth-order valence-corrected chi connectivity index (χ4v) is 4.80. The third-order valence-electron chi connectivity index (χ3n) is 4.29. The molecule has 1 aromatic heterocycles. The second-order valence-electron chi connectivity index (χ2n) is 6.16. The molecule has 0 aromatic carbocycles. The van der Waals surface area contributed by atoms with E-state index in [9.17, 15) is 13.2 Å². The van der Waals surface area contributed by atoms with Crippen molar-refractivity contribution in [2.45, 2.75) is 44.2 Å². The number of amides is 1. The second-order valence-corrected chi connectivity index (χ2v) is 8.39. The van der Waals surface area contributed by atoms with Crippen LogP contribution in [-0.2, 0) is 9.84 Å². The molecule has 1 aromatic rings. The number of nitrogens with one attached hydrogen (secondary N) is 2. The first-order valence-electron chi connectivity index (χ1n) is 7.75. The smallest absolute Gasteiger partial charge is 0.253 e. The van der Waals surface area contributed by atoms with E-state index < -0.39 is 9.84 Å². The number of rotatable bonds is 4. The molecule has 2 fully saturated rings. The van der Waals surface area contributed by atoms with Gasteiger partial charge in [0.05, 0.1) is 22.8 Å². The van der Waals surface area contributed by atoms with Gasteiger partial charge >= 0.3 is 0 Å². The molecule has 1 saturated heterocycles. The van der Waals surface area contributed by atoms with Crippen molar-refractivity contribution in [2.24, 2.45) is 0 Å². The van der Waals surface area contributed by atoms with E-state index in [1.165, 1.54) is 19.0 Å². The molecule has 7 heteroatoms. The van der Waals surface area contributed by atoms with Crippen LogP contribution >= 0.6 is 0 Å². The highest BCUT2D eigenvalue weighted by atomic mass is 32.2. The second kappa shape index (κ2) is 6.24. The zero-order valence-corrected chi connectivity index (χ0v) is 13.2. The van der Waals surface area contributed by atoms with Gasteiger partial charge in [-0.2, -0.15) is 0 Å². The van der Waals surface area contributed by atoms with E-state index in [0.29, 0.717) is 18.0 Å². The number of aromatic nitrogens is 1. The number of hydrogen-bond donors (Lipinski definition) is 2. The third-order valence-corrected chi connectivity index (χ3v) is 6.06. The first-order chi connectivity index (χ1) is 10.5. The molecule has 2 N–H and O–H groups in total. The Morgan fingerprint density at radius 1 is 1.14 bits per heavy atom. The third kappa shape index (κ3) is 3.76. The van der Waals surface area contributed by atoms with E-state index >= 15 is 0 Å². The van der Waals surface area contributed by atoms with Crippen molar-refractivity contribution in [3.05, 3.63) is 24.0 Å². The normalized spacial score (nSPS) is 24.3. The van der Waals surface area contributed by atoms with E-state index in [2.05, 4.69) is 15.6 Å². The zero-order chi connectivity index (χ0) is 15.6. The van der Waals surface area contributed by atoms with Crippen molar-refractivity contribution in [2.75, 3.05) is 16.8 Å². The number of sulfone groups is 1. The van der Waals surface area contributed by atoms with Gasteiger partial charge < -0.3 is 10.6 Å². The number of hydrogen-bond acceptors (Lipinski definition) is 5. The van der Waals surface area contributed by atoms with Crippen LogP contribution in [0.15, 0.2) is 18.5 Å². The Morgan fingerprint density at radius 3 is 2.59 bits per heavy atom. The molecule has 0 radical (unpaired) electrons. The molecule has 6 nitrogen and oxygen atoms in total. The lowest BCUT2D eigenvalue weighted by Gasteiger charge is -2.15. The van der Waals surface area contributed by atoms with Gasteiger partial charge in [0.25, 0.3) is 5.91 Å². The van der Waals surface area contributed by atoms with Crippen LogP contribution in [0.2, 0.25) is 0 Å². The van der Waals surface area contributed by atoms with Crippen LogP contribution in [0.1, 0.15) is 42.5 Å². The maximum atomic E-state index is 12.2. The summed E-state index contributed by atoms with van der Waals surface area (Å²) in [4.78, 5) is 16.3. The van der Waals surface area contributed by atoms with Crippen molar-refractivity contribution in [3.8, 4) is 0 Å². The van der Waals surface area contributed by atoms with Gasteiger partial charge in [-0.15, -0.1) is 0 Å². The van der Waals surface area contributed by atoms with Crippen LogP contribution < -0.4 is 10.6 Å². The van der Waals surface area contributed by atoms with Gasteiger partial charge in [0.15, 0.2) is 9.84 Å². The van der Waals surface area contributed by atoms with Crippen molar-refractivity contribution in [3.63, 3.8) is 0 Å². The van der Waals surface area contributed by atoms with Crippen molar-refractivity contribution in [1.29, 1.82) is 0 Å². The summed E-state index contributed by atoms with van der Waals surface area (Å²) in [5.74, 6) is -0.0734. The van der Waals surface area contributed by atoms with Crippen molar-refractivity contribution < 1.29 is 13.2 Å². The molecule has 1 unspecified atom stereocenters. The van der Waals surface area contributed by atoms with Crippen molar-refractivity contribution in [1.82, 2.24) is 10.3 Å². The molecule has 2 aliphatic rings. The first-order valence-corrected chi connectivity index (χ1v) is 9.57. The van der Waals surface area contributed by atoms with Crippen LogP contribution in [0.25, 0.3) is 0 Å². The number of anilines is 1. The van der Waals surface area contributed by atoms with Gasteiger partial charge in [0.2, 0.25) is 0 Å². The molecule has 1 amide bonds. The van der Waals surface area contributed by atoms with Crippen molar-refractivity contribution >= 4 is 21.4 Å². The monoisotopic (exact) mass is 323 g/mol. The minimum Gasteiger partial charge on any atom is -0.381 e. The van der Waals surface area contributed by atoms with Gasteiger partial charge in [-0.3, -0.25) is 9.78 Å². The lowest BCUT2D eigenvalue weighted by atomic mass is 10.2. The molecule has 3 rings (SSSR count). The SMILES string of the molecule is O=C(NC1CCS(=O)(=O)C1)c1cncc(NC2CCCC2)c1. The molecule has 1 aliphatic heterocycles. The Bertz CT molecular complexity index is 654. The van der Waals surface area contributed by atoms with Crippen LogP contribution in [0.4, 0.5) is 5.69 Å². The summed E-state index contributed by atoms with van der Waals surface area (Å²) in [5, 5.41) is 6.19. The number of carbonyl (C=O) groups is 1. The zero-order valence-electron chi connectivity index (χ0n) is 12.4. The highest BCUT2D eigenvalue weighted by Crippen LogP contribution is 2.22. The molecule has 0 spiro atoms. The highest BCUT2D eigenvalue weighted by molar-refractivity contribution is 7.91. The van der Waals surface area contributed by atoms with Gasteiger partial charge in [-0.25, -0.2) is 8.42 Å². The maximum absolute atomic E-state index is 12.2. The maximum Gasteiger partial charge on any atom is 0.253 e. The van der Waals surface area contributed by atoms with E-state index in [1.807, 2.05) is 0 Å².